The quantitative estimate of drug-likeness (QED) is 0.785. The van der Waals surface area contributed by atoms with Crippen LogP contribution in [0.4, 0.5) is 18.9 Å². The van der Waals surface area contributed by atoms with E-state index in [2.05, 4.69) is 5.32 Å². The minimum absolute atomic E-state index is 0.0561. The lowest BCUT2D eigenvalue weighted by atomic mass is 9.42. The van der Waals surface area contributed by atoms with Gasteiger partial charge in [0.2, 0.25) is 6.71 Å². The van der Waals surface area contributed by atoms with Gasteiger partial charge in [-0.25, -0.2) is 0 Å². The molecule has 3 rings (SSSR count). The van der Waals surface area contributed by atoms with E-state index in [-0.39, 0.29) is 17.3 Å². The number of benzene rings is 2. The molecule has 132 valence electrons. The molecule has 0 fully saturated rings. The van der Waals surface area contributed by atoms with Gasteiger partial charge in [0.1, 0.15) is 0 Å². The van der Waals surface area contributed by atoms with Crippen LogP contribution in [0.2, 0.25) is 11.3 Å². The Kier molecular flexibility index (Phi) is 4.54. The van der Waals surface area contributed by atoms with Crippen LogP contribution < -0.4 is 10.8 Å². The summed E-state index contributed by atoms with van der Waals surface area (Å²) in [5.74, 6) is 0. The summed E-state index contributed by atoms with van der Waals surface area (Å²) in [6.07, 6.45) is -3.23. The molecule has 2 aromatic rings. The smallest absolute Gasteiger partial charge is 0.393 e. The Balaban J connectivity index is 2.00. The minimum atomic E-state index is -4.48. The number of fused-ring (bicyclic) bond motifs is 1. The SMILES string of the molecule is CC(C)(O)CB1CNc2cc(-c3ccc(Cl)cc3C(F)(F)F)ccc21. The van der Waals surface area contributed by atoms with Gasteiger partial charge >= 0.3 is 6.18 Å². The highest BCUT2D eigenvalue weighted by atomic mass is 35.5. The van der Waals surface area contributed by atoms with Crippen LogP contribution in [0, 0.1) is 0 Å². The minimum Gasteiger partial charge on any atom is -0.393 e. The van der Waals surface area contributed by atoms with E-state index in [9.17, 15) is 18.3 Å². The number of hydrogen-bond donors (Lipinski definition) is 2. The first-order valence-electron chi connectivity index (χ1n) is 8.02. The average molecular weight is 368 g/mol. The molecule has 0 aromatic heterocycles. The van der Waals surface area contributed by atoms with Gasteiger partial charge in [0.15, 0.2) is 0 Å². The van der Waals surface area contributed by atoms with Crippen LogP contribution in [0.5, 0.6) is 0 Å². The third kappa shape index (κ3) is 3.96. The maximum absolute atomic E-state index is 13.3. The van der Waals surface area contributed by atoms with Crippen molar-refractivity contribution < 1.29 is 18.3 Å². The van der Waals surface area contributed by atoms with Gasteiger partial charge in [0, 0.05) is 10.7 Å². The normalized spacial score (nSPS) is 14.4. The molecular weight excluding hydrogens is 349 g/mol. The Morgan fingerprint density at radius 2 is 1.88 bits per heavy atom. The highest BCUT2D eigenvalue weighted by Crippen LogP contribution is 2.39. The molecular formula is C18H18BClF3NO. The monoisotopic (exact) mass is 367 g/mol. The molecule has 0 atom stereocenters. The standard InChI is InChI=1S/C18H18BClF3NO/c1-17(2,25)9-19-10-24-16-7-11(3-6-15(16)19)13-5-4-12(20)8-14(13)18(21,22)23/h3-8,24-25H,9-10H2,1-2H3. The summed E-state index contributed by atoms with van der Waals surface area (Å²) in [5.41, 5.74) is 0.882. The first-order valence-corrected chi connectivity index (χ1v) is 8.40. The third-order valence-corrected chi connectivity index (χ3v) is 4.61. The Morgan fingerprint density at radius 1 is 1.16 bits per heavy atom. The van der Waals surface area contributed by atoms with Crippen molar-refractivity contribution in [1.29, 1.82) is 0 Å². The summed E-state index contributed by atoms with van der Waals surface area (Å²) < 4.78 is 40.0. The van der Waals surface area contributed by atoms with E-state index >= 15 is 0 Å². The second-order valence-corrected chi connectivity index (χ2v) is 7.52. The maximum atomic E-state index is 13.3. The lowest BCUT2D eigenvalue weighted by molar-refractivity contribution is -0.137. The van der Waals surface area contributed by atoms with Crippen LogP contribution in [0.25, 0.3) is 11.1 Å². The molecule has 0 spiro atoms. The van der Waals surface area contributed by atoms with Crippen LogP contribution in [0.1, 0.15) is 19.4 Å². The summed E-state index contributed by atoms with van der Waals surface area (Å²) in [6, 6.07) is 9.09. The van der Waals surface area contributed by atoms with Crippen LogP contribution >= 0.6 is 11.6 Å². The molecule has 0 radical (unpaired) electrons. The molecule has 2 aromatic carbocycles. The Hall–Kier alpha value is -1.66. The van der Waals surface area contributed by atoms with Crippen molar-refractivity contribution in [3.8, 4) is 11.1 Å². The van der Waals surface area contributed by atoms with E-state index in [1.165, 1.54) is 12.1 Å². The number of hydrogen-bond acceptors (Lipinski definition) is 2. The van der Waals surface area contributed by atoms with Gasteiger partial charge in [-0.2, -0.15) is 13.2 Å². The predicted molar refractivity (Wildman–Crippen MR) is 96.9 cm³/mol. The van der Waals surface area contributed by atoms with Crippen molar-refractivity contribution >= 4 is 29.5 Å². The molecule has 7 heteroatoms. The molecule has 25 heavy (non-hydrogen) atoms. The number of aliphatic hydroxyl groups is 1. The van der Waals surface area contributed by atoms with E-state index in [1.807, 2.05) is 6.07 Å². The van der Waals surface area contributed by atoms with Crippen molar-refractivity contribution in [2.45, 2.75) is 31.9 Å². The van der Waals surface area contributed by atoms with E-state index in [4.69, 9.17) is 11.6 Å². The van der Waals surface area contributed by atoms with Gasteiger partial charge in [-0.3, -0.25) is 0 Å². The Bertz CT molecular complexity index is 802. The molecule has 0 aliphatic carbocycles. The number of rotatable bonds is 3. The van der Waals surface area contributed by atoms with Crippen LogP contribution in [0.3, 0.4) is 0 Å². The zero-order valence-electron chi connectivity index (χ0n) is 13.9. The molecule has 0 unspecified atom stereocenters. The summed E-state index contributed by atoms with van der Waals surface area (Å²) >= 11 is 5.75. The molecule has 2 nitrogen and oxygen atoms in total. The fourth-order valence-corrected chi connectivity index (χ4v) is 3.54. The first kappa shape index (κ1) is 18.1. The van der Waals surface area contributed by atoms with Gasteiger partial charge in [-0.15, -0.1) is 0 Å². The topological polar surface area (TPSA) is 32.3 Å². The van der Waals surface area contributed by atoms with E-state index in [1.54, 1.807) is 26.0 Å². The van der Waals surface area contributed by atoms with Crippen LogP contribution in [-0.4, -0.2) is 23.9 Å². The largest absolute Gasteiger partial charge is 0.417 e. The highest BCUT2D eigenvalue weighted by molar-refractivity contribution is 6.77. The van der Waals surface area contributed by atoms with Crippen molar-refractivity contribution in [3.05, 3.63) is 47.0 Å². The second kappa shape index (κ2) is 6.25. The first-order chi connectivity index (χ1) is 11.5. The van der Waals surface area contributed by atoms with Crippen molar-refractivity contribution in [2.75, 3.05) is 11.8 Å². The summed E-state index contributed by atoms with van der Waals surface area (Å²) in [4.78, 5) is 0. The van der Waals surface area contributed by atoms with Gasteiger partial charge in [0.25, 0.3) is 0 Å². The number of nitrogens with one attached hydrogen (secondary N) is 1. The molecule has 1 aliphatic heterocycles. The van der Waals surface area contributed by atoms with Crippen LogP contribution in [-0.2, 0) is 6.18 Å². The van der Waals surface area contributed by atoms with E-state index < -0.39 is 17.3 Å². The van der Waals surface area contributed by atoms with Crippen LogP contribution in [0.15, 0.2) is 36.4 Å². The van der Waals surface area contributed by atoms with Crippen molar-refractivity contribution in [2.24, 2.45) is 0 Å². The molecule has 0 saturated carbocycles. The zero-order valence-corrected chi connectivity index (χ0v) is 14.7. The fraction of sp³-hybridized carbons (Fsp3) is 0.333. The summed E-state index contributed by atoms with van der Waals surface area (Å²) in [5, 5.41) is 13.3. The van der Waals surface area contributed by atoms with Crippen molar-refractivity contribution in [1.82, 2.24) is 0 Å². The molecule has 2 N–H and O–H groups in total. The number of halogens is 4. The number of alkyl halides is 3. The number of anilines is 1. The van der Waals surface area contributed by atoms with E-state index in [0.717, 1.165) is 17.2 Å². The molecule has 1 heterocycles. The zero-order chi connectivity index (χ0) is 18.4. The molecule has 1 aliphatic rings. The Labute approximate surface area is 150 Å². The Morgan fingerprint density at radius 3 is 2.52 bits per heavy atom. The average Bonchev–Trinajstić information content (AvgIpc) is 2.86. The highest BCUT2D eigenvalue weighted by Gasteiger charge is 2.35. The molecule has 0 amide bonds. The third-order valence-electron chi connectivity index (χ3n) is 4.38. The van der Waals surface area contributed by atoms with Gasteiger partial charge in [0.05, 0.1) is 11.2 Å². The summed E-state index contributed by atoms with van der Waals surface area (Å²) in [7, 11) is 0. The maximum Gasteiger partial charge on any atom is 0.417 e. The van der Waals surface area contributed by atoms with Gasteiger partial charge in [-0.05, 0) is 55.9 Å². The van der Waals surface area contributed by atoms with E-state index in [0.29, 0.717) is 18.3 Å². The molecule has 0 bridgehead atoms. The van der Waals surface area contributed by atoms with Crippen molar-refractivity contribution in [3.63, 3.8) is 0 Å². The lowest BCUT2D eigenvalue weighted by Crippen LogP contribution is -2.37. The summed E-state index contributed by atoms with van der Waals surface area (Å²) in [6.45, 7) is 3.64. The fourth-order valence-electron chi connectivity index (χ4n) is 3.36. The second-order valence-electron chi connectivity index (χ2n) is 7.08. The van der Waals surface area contributed by atoms with Gasteiger partial charge in [-0.1, -0.05) is 35.3 Å². The lowest BCUT2D eigenvalue weighted by Gasteiger charge is -2.20. The molecule has 0 saturated heterocycles. The van der Waals surface area contributed by atoms with Gasteiger partial charge < -0.3 is 10.4 Å². The predicted octanol–water partition coefficient (Wildman–Crippen LogP) is 4.46.